The zero-order valence-electron chi connectivity index (χ0n) is 18.3. The van der Waals surface area contributed by atoms with E-state index in [1.807, 2.05) is 64.1 Å². The number of pyridine rings is 1. The van der Waals surface area contributed by atoms with Gasteiger partial charge in [-0.3, -0.25) is 14.2 Å². The van der Waals surface area contributed by atoms with Gasteiger partial charge in [-0.1, -0.05) is 76.2 Å². The average molecular weight is 417 g/mol. The number of nitrogens with one attached hydrogen (secondary N) is 1. The number of fused-ring (bicyclic) bond motifs is 1. The van der Waals surface area contributed by atoms with Gasteiger partial charge in [-0.2, -0.15) is 0 Å². The summed E-state index contributed by atoms with van der Waals surface area (Å²) in [6, 6.07) is 20.6. The zero-order valence-corrected chi connectivity index (χ0v) is 18.3. The number of nitrogens with zero attached hydrogens (tertiary/aromatic N) is 3. The van der Waals surface area contributed by atoms with Crippen LogP contribution >= 0.6 is 0 Å². The zero-order chi connectivity index (χ0) is 22.6. The second kappa shape index (κ2) is 12.0. The molecule has 1 unspecified atom stereocenters. The molecule has 0 fully saturated rings. The Morgan fingerprint density at radius 3 is 2.16 bits per heavy atom. The van der Waals surface area contributed by atoms with Gasteiger partial charge in [0.25, 0.3) is 11.5 Å². The van der Waals surface area contributed by atoms with Crippen molar-refractivity contribution >= 4 is 22.6 Å². The minimum atomic E-state index is -0.863. The third kappa shape index (κ3) is 5.63. The monoisotopic (exact) mass is 416 g/mol. The van der Waals surface area contributed by atoms with Gasteiger partial charge in [-0.15, -0.1) is 0 Å². The predicted molar refractivity (Wildman–Crippen MR) is 126 cm³/mol. The van der Waals surface area contributed by atoms with Crippen molar-refractivity contribution in [3.05, 3.63) is 101 Å². The van der Waals surface area contributed by atoms with Gasteiger partial charge in [0, 0.05) is 6.20 Å². The second-order valence-corrected chi connectivity index (χ2v) is 5.99. The van der Waals surface area contributed by atoms with Gasteiger partial charge in [0.1, 0.15) is 11.9 Å². The predicted octanol–water partition coefficient (Wildman–Crippen LogP) is 5.07. The maximum Gasteiger partial charge on any atom is 0.262 e. The smallest absolute Gasteiger partial charge is 0.262 e. The highest BCUT2D eigenvalue weighted by Crippen LogP contribution is 2.19. The Hall–Kier alpha value is -3.80. The van der Waals surface area contributed by atoms with Gasteiger partial charge in [0.15, 0.2) is 0 Å². The molecule has 2 heterocycles. The van der Waals surface area contributed by atoms with Crippen molar-refractivity contribution in [2.75, 3.05) is 5.32 Å². The molecule has 2 aromatic carbocycles. The number of rotatable bonds is 4. The average Bonchev–Trinajstić information content (AvgIpc) is 2.85. The molecule has 31 heavy (non-hydrogen) atoms. The first-order valence-corrected chi connectivity index (χ1v) is 10.5. The summed E-state index contributed by atoms with van der Waals surface area (Å²) in [6.45, 7) is 8.00. The van der Waals surface area contributed by atoms with Crippen molar-refractivity contribution in [2.24, 2.45) is 0 Å². The normalized spacial score (nSPS) is 10.7. The molecule has 1 amide bonds. The van der Waals surface area contributed by atoms with E-state index >= 15 is 0 Å². The van der Waals surface area contributed by atoms with Crippen molar-refractivity contribution in [2.45, 2.75) is 33.7 Å². The van der Waals surface area contributed by atoms with E-state index in [0.29, 0.717) is 22.3 Å². The first-order valence-electron chi connectivity index (χ1n) is 10.5. The number of para-hydroxylation sites is 1. The first kappa shape index (κ1) is 23.5. The van der Waals surface area contributed by atoms with Crippen LogP contribution in [0.5, 0.6) is 0 Å². The van der Waals surface area contributed by atoms with Gasteiger partial charge in [-0.25, -0.2) is 9.97 Å². The van der Waals surface area contributed by atoms with Crippen LogP contribution in [0.2, 0.25) is 0 Å². The standard InChI is InChI=1S/C21H16N4O2.2C2H6/c26-20(24-18-12-6-7-13-22-18)19(15-8-2-1-3-9-15)25-14-23-17-11-5-4-10-16(17)21(25)27;2*1-2/h1-14,19H,(H,22,24,26);2*1-2H3. The van der Waals surface area contributed by atoms with Crippen LogP contribution in [0.25, 0.3) is 10.9 Å². The molecule has 0 spiro atoms. The Labute approximate surface area is 182 Å². The van der Waals surface area contributed by atoms with Crippen LogP contribution in [0.3, 0.4) is 0 Å². The number of hydrogen-bond acceptors (Lipinski definition) is 4. The van der Waals surface area contributed by atoms with E-state index in [-0.39, 0.29) is 11.5 Å². The quantitative estimate of drug-likeness (QED) is 0.504. The van der Waals surface area contributed by atoms with E-state index in [9.17, 15) is 9.59 Å². The molecular formula is C25H28N4O2. The number of carbonyl (C=O) groups is 1. The summed E-state index contributed by atoms with van der Waals surface area (Å²) in [5.74, 6) is 0.0595. The fourth-order valence-corrected chi connectivity index (χ4v) is 2.97. The highest BCUT2D eigenvalue weighted by Gasteiger charge is 2.25. The largest absolute Gasteiger partial charge is 0.309 e. The lowest BCUT2D eigenvalue weighted by atomic mass is 10.1. The summed E-state index contributed by atoms with van der Waals surface area (Å²) in [5, 5.41) is 3.24. The molecule has 0 bridgehead atoms. The molecule has 2 aromatic heterocycles. The molecule has 160 valence electrons. The molecule has 4 rings (SSSR count). The van der Waals surface area contributed by atoms with Crippen LogP contribution in [-0.4, -0.2) is 20.4 Å². The Morgan fingerprint density at radius 1 is 0.839 bits per heavy atom. The molecule has 0 aliphatic heterocycles. The van der Waals surface area contributed by atoms with Crippen LogP contribution < -0.4 is 10.9 Å². The van der Waals surface area contributed by atoms with Crippen molar-refractivity contribution in [3.63, 3.8) is 0 Å². The Kier molecular flexibility index (Phi) is 9.11. The van der Waals surface area contributed by atoms with Crippen LogP contribution in [0.1, 0.15) is 39.3 Å². The lowest BCUT2D eigenvalue weighted by molar-refractivity contribution is -0.118. The molecule has 0 saturated carbocycles. The molecule has 4 aromatic rings. The number of amides is 1. The highest BCUT2D eigenvalue weighted by atomic mass is 16.2. The molecule has 1 N–H and O–H groups in total. The number of benzene rings is 2. The molecule has 6 heteroatoms. The molecule has 0 saturated heterocycles. The summed E-state index contributed by atoms with van der Waals surface area (Å²) in [4.78, 5) is 34.6. The van der Waals surface area contributed by atoms with Crippen LogP contribution in [0.4, 0.5) is 5.82 Å². The van der Waals surface area contributed by atoms with Crippen molar-refractivity contribution in [1.29, 1.82) is 0 Å². The number of aromatic nitrogens is 3. The summed E-state index contributed by atoms with van der Waals surface area (Å²) in [6.07, 6.45) is 3.01. The van der Waals surface area contributed by atoms with E-state index < -0.39 is 6.04 Å². The lowest BCUT2D eigenvalue weighted by Crippen LogP contribution is -2.34. The molecule has 0 aliphatic rings. The summed E-state index contributed by atoms with van der Waals surface area (Å²) < 4.78 is 1.36. The third-order valence-electron chi connectivity index (χ3n) is 4.25. The molecule has 0 radical (unpaired) electrons. The molecule has 1 atom stereocenters. The summed E-state index contributed by atoms with van der Waals surface area (Å²) in [5.41, 5.74) is 1.01. The number of anilines is 1. The van der Waals surface area contributed by atoms with E-state index in [1.54, 1.807) is 42.6 Å². The lowest BCUT2D eigenvalue weighted by Gasteiger charge is -2.19. The van der Waals surface area contributed by atoms with Gasteiger partial charge in [0.05, 0.1) is 17.2 Å². The minimum Gasteiger partial charge on any atom is -0.309 e. The van der Waals surface area contributed by atoms with E-state index in [0.717, 1.165) is 0 Å². The Morgan fingerprint density at radius 2 is 1.48 bits per heavy atom. The maximum atomic E-state index is 13.1. The van der Waals surface area contributed by atoms with Crippen LogP contribution in [0.15, 0.2) is 90.1 Å². The van der Waals surface area contributed by atoms with Gasteiger partial charge >= 0.3 is 0 Å². The fourth-order valence-electron chi connectivity index (χ4n) is 2.97. The van der Waals surface area contributed by atoms with Crippen LogP contribution in [0, 0.1) is 0 Å². The van der Waals surface area contributed by atoms with Gasteiger partial charge in [-0.05, 0) is 29.8 Å². The second-order valence-electron chi connectivity index (χ2n) is 5.99. The fraction of sp³-hybridized carbons (Fsp3) is 0.200. The molecular weight excluding hydrogens is 388 g/mol. The van der Waals surface area contributed by atoms with E-state index in [2.05, 4.69) is 15.3 Å². The topological polar surface area (TPSA) is 76.9 Å². The van der Waals surface area contributed by atoms with Gasteiger partial charge < -0.3 is 5.32 Å². The summed E-state index contributed by atoms with van der Waals surface area (Å²) in [7, 11) is 0. The minimum absolute atomic E-state index is 0.273. The summed E-state index contributed by atoms with van der Waals surface area (Å²) >= 11 is 0. The van der Waals surface area contributed by atoms with Gasteiger partial charge in [0.2, 0.25) is 0 Å². The Balaban J connectivity index is 0.000000807. The van der Waals surface area contributed by atoms with Crippen molar-refractivity contribution in [1.82, 2.24) is 14.5 Å². The van der Waals surface area contributed by atoms with Crippen molar-refractivity contribution in [3.8, 4) is 0 Å². The molecule has 0 aliphatic carbocycles. The highest BCUT2D eigenvalue weighted by molar-refractivity contribution is 5.95. The first-order chi connectivity index (χ1) is 15.2. The maximum absolute atomic E-state index is 13.1. The number of hydrogen-bond donors (Lipinski definition) is 1. The molecule has 6 nitrogen and oxygen atoms in total. The van der Waals surface area contributed by atoms with E-state index in [4.69, 9.17) is 0 Å². The van der Waals surface area contributed by atoms with Crippen molar-refractivity contribution < 1.29 is 4.79 Å². The SMILES string of the molecule is CC.CC.O=C(Nc1ccccn1)C(c1ccccc1)n1cnc2ccccc2c1=O. The number of carbonyl (C=O) groups excluding carboxylic acids is 1. The Bertz CT molecular complexity index is 1140. The van der Waals surface area contributed by atoms with Crippen LogP contribution in [-0.2, 0) is 4.79 Å². The van der Waals surface area contributed by atoms with E-state index in [1.165, 1.54) is 10.9 Å². The third-order valence-corrected chi connectivity index (χ3v) is 4.25.